The summed E-state index contributed by atoms with van der Waals surface area (Å²) >= 11 is 0. The summed E-state index contributed by atoms with van der Waals surface area (Å²) in [6, 6.07) is 8.25. The molecule has 0 saturated carbocycles. The normalized spacial score (nSPS) is 20.3. The molecule has 0 radical (unpaired) electrons. The molecule has 1 heterocycles. The van der Waals surface area contributed by atoms with Crippen LogP contribution in [0.3, 0.4) is 0 Å². The largest absolute Gasteiger partial charge is 0.326 e. The standard InChI is InChI=1S/C13H17N3O2S/c14-9-11-2-1-3-13(8-11)19(17,18)7-6-16-5-4-12(15)10-16/h1-3,8,12H,4-7,10,15H2/t12-/m1/s1. The molecule has 19 heavy (non-hydrogen) atoms. The fourth-order valence-electron chi connectivity index (χ4n) is 2.19. The van der Waals surface area contributed by atoms with Crippen LogP contribution in [0.1, 0.15) is 12.0 Å². The predicted molar refractivity (Wildman–Crippen MR) is 72.2 cm³/mol. The van der Waals surface area contributed by atoms with Crippen molar-refractivity contribution in [1.29, 1.82) is 5.26 Å². The first-order valence-corrected chi connectivity index (χ1v) is 7.87. The fraction of sp³-hybridized carbons (Fsp3) is 0.462. The van der Waals surface area contributed by atoms with Gasteiger partial charge in [-0.05, 0) is 31.2 Å². The number of benzene rings is 1. The molecule has 0 amide bonds. The van der Waals surface area contributed by atoms with Crippen LogP contribution in [0.5, 0.6) is 0 Å². The van der Waals surface area contributed by atoms with Crippen LogP contribution in [0.25, 0.3) is 0 Å². The van der Waals surface area contributed by atoms with Crippen molar-refractivity contribution in [2.45, 2.75) is 17.4 Å². The number of rotatable bonds is 4. The van der Waals surface area contributed by atoms with Gasteiger partial charge in [0.15, 0.2) is 9.84 Å². The number of nitrogens with two attached hydrogens (primary N) is 1. The van der Waals surface area contributed by atoms with Gasteiger partial charge >= 0.3 is 0 Å². The summed E-state index contributed by atoms with van der Waals surface area (Å²) in [7, 11) is -3.33. The van der Waals surface area contributed by atoms with Gasteiger partial charge in [0.1, 0.15) is 0 Å². The van der Waals surface area contributed by atoms with Crippen LogP contribution in [0.2, 0.25) is 0 Å². The Balaban J connectivity index is 2.04. The maximum Gasteiger partial charge on any atom is 0.179 e. The second kappa shape index (κ2) is 5.70. The lowest BCUT2D eigenvalue weighted by atomic mass is 10.2. The zero-order valence-corrected chi connectivity index (χ0v) is 11.4. The van der Waals surface area contributed by atoms with Gasteiger partial charge in [0.25, 0.3) is 0 Å². The SMILES string of the molecule is N#Cc1cccc(S(=O)(=O)CCN2CC[C@@H](N)C2)c1. The van der Waals surface area contributed by atoms with Gasteiger partial charge in [-0.15, -0.1) is 0 Å². The second-order valence-electron chi connectivity index (χ2n) is 4.81. The minimum Gasteiger partial charge on any atom is -0.326 e. The average Bonchev–Trinajstić information content (AvgIpc) is 2.82. The molecule has 102 valence electrons. The Morgan fingerprint density at radius 1 is 1.47 bits per heavy atom. The van der Waals surface area contributed by atoms with E-state index in [1.54, 1.807) is 12.1 Å². The van der Waals surface area contributed by atoms with Crippen LogP contribution < -0.4 is 5.73 Å². The van der Waals surface area contributed by atoms with Crippen LogP contribution in [-0.4, -0.2) is 44.7 Å². The molecule has 5 nitrogen and oxygen atoms in total. The Morgan fingerprint density at radius 2 is 2.26 bits per heavy atom. The smallest absolute Gasteiger partial charge is 0.179 e. The number of sulfone groups is 1. The number of nitriles is 1. The van der Waals surface area contributed by atoms with E-state index < -0.39 is 9.84 Å². The van der Waals surface area contributed by atoms with E-state index in [2.05, 4.69) is 4.90 Å². The number of nitrogens with zero attached hydrogens (tertiary/aromatic N) is 2. The van der Waals surface area contributed by atoms with Crippen LogP contribution in [0.15, 0.2) is 29.2 Å². The summed E-state index contributed by atoms with van der Waals surface area (Å²) in [6.45, 7) is 2.11. The molecular weight excluding hydrogens is 262 g/mol. The lowest BCUT2D eigenvalue weighted by Gasteiger charge is -2.15. The van der Waals surface area contributed by atoms with E-state index in [9.17, 15) is 8.42 Å². The van der Waals surface area contributed by atoms with E-state index in [1.165, 1.54) is 12.1 Å². The molecule has 0 aliphatic carbocycles. The van der Waals surface area contributed by atoms with Crippen molar-refractivity contribution in [3.63, 3.8) is 0 Å². The summed E-state index contributed by atoms with van der Waals surface area (Å²) in [5.74, 6) is 0.0641. The monoisotopic (exact) mass is 279 g/mol. The maximum absolute atomic E-state index is 12.2. The maximum atomic E-state index is 12.2. The summed E-state index contributed by atoms with van der Waals surface area (Å²) in [5.41, 5.74) is 6.15. The Kier molecular flexibility index (Phi) is 4.20. The minimum absolute atomic E-state index is 0.0641. The third-order valence-corrected chi connectivity index (χ3v) is 5.00. The molecule has 2 rings (SSSR count). The van der Waals surface area contributed by atoms with Crippen molar-refractivity contribution in [2.75, 3.05) is 25.4 Å². The molecule has 2 N–H and O–H groups in total. The van der Waals surface area contributed by atoms with Crippen molar-refractivity contribution in [3.8, 4) is 6.07 Å². The highest BCUT2D eigenvalue weighted by atomic mass is 32.2. The molecule has 0 unspecified atom stereocenters. The van der Waals surface area contributed by atoms with Crippen LogP contribution in [0, 0.1) is 11.3 Å². The van der Waals surface area contributed by atoms with Crippen molar-refractivity contribution in [3.05, 3.63) is 29.8 Å². The summed E-state index contributed by atoms with van der Waals surface area (Å²) < 4.78 is 24.3. The molecule has 0 spiro atoms. The number of hydrogen-bond donors (Lipinski definition) is 1. The fourth-order valence-corrected chi connectivity index (χ4v) is 3.52. The molecule has 1 aromatic rings. The number of likely N-dealkylation sites (tertiary alicyclic amines) is 1. The summed E-state index contributed by atoms with van der Waals surface area (Å²) in [4.78, 5) is 2.28. The van der Waals surface area contributed by atoms with Crippen LogP contribution >= 0.6 is 0 Å². The molecule has 1 aromatic carbocycles. The zero-order valence-electron chi connectivity index (χ0n) is 10.6. The van der Waals surface area contributed by atoms with E-state index in [0.29, 0.717) is 12.1 Å². The van der Waals surface area contributed by atoms with Crippen molar-refractivity contribution < 1.29 is 8.42 Å². The molecule has 1 aliphatic heterocycles. The first-order chi connectivity index (χ1) is 9.01. The summed E-state index contributed by atoms with van der Waals surface area (Å²) in [6.07, 6.45) is 0.921. The lowest BCUT2D eigenvalue weighted by Crippen LogP contribution is -2.30. The molecule has 1 aliphatic rings. The molecule has 6 heteroatoms. The minimum atomic E-state index is -3.33. The van der Waals surface area contributed by atoms with E-state index >= 15 is 0 Å². The Bertz CT molecular complexity index is 592. The highest BCUT2D eigenvalue weighted by molar-refractivity contribution is 7.91. The van der Waals surface area contributed by atoms with Crippen LogP contribution in [0.4, 0.5) is 0 Å². The van der Waals surface area contributed by atoms with E-state index in [4.69, 9.17) is 11.0 Å². The average molecular weight is 279 g/mol. The van der Waals surface area contributed by atoms with Crippen molar-refractivity contribution >= 4 is 9.84 Å². The van der Waals surface area contributed by atoms with Gasteiger partial charge < -0.3 is 10.6 Å². The highest BCUT2D eigenvalue weighted by Gasteiger charge is 2.22. The molecule has 1 fully saturated rings. The quantitative estimate of drug-likeness (QED) is 0.860. The van der Waals surface area contributed by atoms with Gasteiger partial charge in [-0.25, -0.2) is 8.42 Å². The first-order valence-electron chi connectivity index (χ1n) is 6.22. The van der Waals surface area contributed by atoms with Gasteiger partial charge in [0.2, 0.25) is 0 Å². The Labute approximate surface area is 113 Å². The van der Waals surface area contributed by atoms with Gasteiger partial charge in [0.05, 0.1) is 22.3 Å². The second-order valence-corrected chi connectivity index (χ2v) is 6.92. The van der Waals surface area contributed by atoms with Crippen molar-refractivity contribution in [2.24, 2.45) is 5.73 Å². The molecule has 0 aromatic heterocycles. The van der Waals surface area contributed by atoms with Crippen molar-refractivity contribution in [1.82, 2.24) is 4.90 Å². The first kappa shape index (κ1) is 14.0. The third-order valence-electron chi connectivity index (χ3n) is 3.31. The predicted octanol–water partition coefficient (Wildman–Crippen LogP) is 0.365. The summed E-state index contributed by atoms with van der Waals surface area (Å²) in [5, 5.41) is 8.79. The van der Waals surface area contributed by atoms with E-state index in [-0.39, 0.29) is 16.7 Å². The molecule has 1 atom stereocenters. The van der Waals surface area contributed by atoms with E-state index in [0.717, 1.165) is 19.5 Å². The van der Waals surface area contributed by atoms with Crippen LogP contribution in [-0.2, 0) is 9.84 Å². The number of hydrogen-bond acceptors (Lipinski definition) is 5. The Hall–Kier alpha value is -1.42. The Morgan fingerprint density at radius 3 is 2.89 bits per heavy atom. The highest BCUT2D eigenvalue weighted by Crippen LogP contribution is 2.14. The zero-order chi connectivity index (χ0) is 13.9. The van der Waals surface area contributed by atoms with Gasteiger partial charge in [-0.1, -0.05) is 6.07 Å². The lowest BCUT2D eigenvalue weighted by molar-refractivity contribution is 0.354. The molecule has 0 bridgehead atoms. The van der Waals surface area contributed by atoms with Gasteiger partial charge in [-0.2, -0.15) is 5.26 Å². The molecular formula is C13H17N3O2S. The topological polar surface area (TPSA) is 87.2 Å². The third kappa shape index (κ3) is 3.53. The van der Waals surface area contributed by atoms with Gasteiger partial charge in [0, 0.05) is 19.1 Å². The molecule has 1 saturated heterocycles. The van der Waals surface area contributed by atoms with E-state index in [1.807, 2.05) is 6.07 Å². The van der Waals surface area contributed by atoms with Gasteiger partial charge in [-0.3, -0.25) is 0 Å².